The number of amides is 1. The van der Waals surface area contributed by atoms with Gasteiger partial charge in [0.15, 0.2) is 5.82 Å². The fourth-order valence-electron chi connectivity index (χ4n) is 2.61. The quantitative estimate of drug-likeness (QED) is 0.761. The van der Waals surface area contributed by atoms with Gasteiger partial charge in [0.2, 0.25) is 5.91 Å². The van der Waals surface area contributed by atoms with Crippen molar-refractivity contribution < 1.29 is 4.79 Å². The van der Waals surface area contributed by atoms with Crippen LogP contribution in [0, 0.1) is 0 Å². The molecule has 0 bridgehead atoms. The fraction of sp³-hybridized carbons (Fsp3) is 0.143. The highest BCUT2D eigenvalue weighted by atomic mass is 32.1. The Balaban J connectivity index is 1.89. The molecule has 1 atom stereocenters. The third kappa shape index (κ3) is 2.02. The van der Waals surface area contributed by atoms with Gasteiger partial charge in [0, 0.05) is 29.5 Å². The van der Waals surface area contributed by atoms with Crippen molar-refractivity contribution in [3.8, 4) is 11.4 Å². The van der Waals surface area contributed by atoms with E-state index in [4.69, 9.17) is 0 Å². The molecule has 0 radical (unpaired) electrons. The molecule has 3 aromatic heterocycles. The number of aromatic amines is 1. The molecule has 0 saturated carbocycles. The number of nitrogens with one attached hydrogen (secondary N) is 2. The van der Waals surface area contributed by atoms with Crippen LogP contribution in [0.3, 0.4) is 0 Å². The van der Waals surface area contributed by atoms with E-state index in [-0.39, 0.29) is 11.8 Å². The number of nitrogens with zero attached hydrogens (tertiary/aromatic N) is 3. The van der Waals surface area contributed by atoms with E-state index in [1.54, 1.807) is 11.7 Å². The van der Waals surface area contributed by atoms with Gasteiger partial charge in [-0.3, -0.25) is 14.9 Å². The fourth-order valence-corrected chi connectivity index (χ4v) is 3.22. The first kappa shape index (κ1) is 12.2. The number of fused-ring (bicyclic) bond motifs is 1. The third-order valence-electron chi connectivity index (χ3n) is 3.53. The molecule has 3 aromatic rings. The molecular formula is C14H11N5OS. The zero-order chi connectivity index (χ0) is 14.2. The molecule has 4 rings (SSSR count). The summed E-state index contributed by atoms with van der Waals surface area (Å²) < 4.78 is 0. The van der Waals surface area contributed by atoms with Gasteiger partial charge < -0.3 is 5.32 Å². The molecule has 0 spiro atoms. The molecule has 0 saturated heterocycles. The normalized spacial score (nSPS) is 17.3. The molecule has 1 aliphatic rings. The summed E-state index contributed by atoms with van der Waals surface area (Å²) in [5.74, 6) is 0.445. The van der Waals surface area contributed by atoms with Crippen molar-refractivity contribution in [1.29, 1.82) is 0 Å². The molecule has 1 aliphatic heterocycles. The van der Waals surface area contributed by atoms with Crippen molar-refractivity contribution in [2.24, 2.45) is 0 Å². The standard InChI is InChI=1S/C14H11N5OS/c20-11-5-8(10-6-21-7-16-10)12-13(18-19-14(12)17-11)9-3-1-2-4-15-9/h1-4,6-8H,5H2,(H2,17,18,19,20). The Morgan fingerprint density at radius 2 is 2.24 bits per heavy atom. The predicted octanol–water partition coefficient (Wildman–Crippen LogP) is 2.40. The molecule has 1 amide bonds. The largest absolute Gasteiger partial charge is 0.309 e. The first-order valence-corrected chi connectivity index (χ1v) is 7.45. The number of carbonyl (C=O) groups excluding carboxylic acids is 1. The Morgan fingerprint density at radius 1 is 1.29 bits per heavy atom. The summed E-state index contributed by atoms with van der Waals surface area (Å²) in [5, 5.41) is 12.0. The van der Waals surface area contributed by atoms with Gasteiger partial charge in [-0.1, -0.05) is 6.07 Å². The molecule has 1 unspecified atom stereocenters. The Labute approximate surface area is 124 Å². The van der Waals surface area contributed by atoms with Gasteiger partial charge in [0.05, 0.1) is 22.6 Å². The minimum atomic E-state index is -0.0873. The van der Waals surface area contributed by atoms with Crippen LogP contribution in [-0.4, -0.2) is 26.1 Å². The van der Waals surface area contributed by atoms with Crippen molar-refractivity contribution >= 4 is 23.1 Å². The lowest BCUT2D eigenvalue weighted by molar-refractivity contribution is -0.116. The Bertz CT molecular complexity index is 781. The van der Waals surface area contributed by atoms with Gasteiger partial charge in [-0.05, 0) is 12.1 Å². The number of anilines is 1. The lowest BCUT2D eigenvalue weighted by Gasteiger charge is -2.21. The van der Waals surface area contributed by atoms with Gasteiger partial charge in [-0.25, -0.2) is 4.98 Å². The molecule has 7 heteroatoms. The zero-order valence-corrected chi connectivity index (χ0v) is 11.7. The molecule has 2 N–H and O–H groups in total. The molecular weight excluding hydrogens is 286 g/mol. The van der Waals surface area contributed by atoms with Crippen LogP contribution in [0.1, 0.15) is 23.6 Å². The summed E-state index contributed by atoms with van der Waals surface area (Å²) in [6.07, 6.45) is 2.11. The summed E-state index contributed by atoms with van der Waals surface area (Å²) in [6.45, 7) is 0. The first-order chi connectivity index (χ1) is 10.3. The van der Waals surface area contributed by atoms with Crippen molar-refractivity contribution in [3.63, 3.8) is 0 Å². The van der Waals surface area contributed by atoms with Gasteiger partial charge in [0.1, 0.15) is 0 Å². The van der Waals surface area contributed by atoms with Crippen LogP contribution in [0.15, 0.2) is 35.3 Å². The van der Waals surface area contributed by atoms with E-state index < -0.39 is 0 Å². The minimum absolute atomic E-state index is 0.0421. The van der Waals surface area contributed by atoms with Crippen LogP contribution in [0.4, 0.5) is 5.82 Å². The number of hydrogen-bond acceptors (Lipinski definition) is 5. The average Bonchev–Trinajstić information content (AvgIpc) is 3.16. The number of thiazole rings is 1. The number of rotatable bonds is 2. The van der Waals surface area contributed by atoms with Crippen LogP contribution in [0.5, 0.6) is 0 Å². The summed E-state index contributed by atoms with van der Waals surface area (Å²) in [6, 6.07) is 5.71. The second-order valence-corrected chi connectivity index (χ2v) is 5.51. The van der Waals surface area contributed by atoms with Crippen molar-refractivity contribution in [2.75, 3.05) is 5.32 Å². The molecule has 0 aliphatic carbocycles. The van der Waals surface area contributed by atoms with E-state index in [0.29, 0.717) is 12.2 Å². The number of H-pyrrole nitrogens is 1. The van der Waals surface area contributed by atoms with E-state index in [0.717, 1.165) is 22.6 Å². The Morgan fingerprint density at radius 3 is 3.00 bits per heavy atom. The highest BCUT2D eigenvalue weighted by molar-refractivity contribution is 7.07. The third-order valence-corrected chi connectivity index (χ3v) is 4.13. The molecule has 0 fully saturated rings. The number of pyridine rings is 1. The van der Waals surface area contributed by atoms with Crippen molar-refractivity contribution in [1.82, 2.24) is 20.2 Å². The predicted molar refractivity (Wildman–Crippen MR) is 79.0 cm³/mol. The highest BCUT2D eigenvalue weighted by Crippen LogP contribution is 2.40. The second-order valence-electron chi connectivity index (χ2n) is 4.79. The van der Waals surface area contributed by atoms with Crippen LogP contribution in [0.25, 0.3) is 11.4 Å². The topological polar surface area (TPSA) is 83.6 Å². The maximum absolute atomic E-state index is 11.9. The average molecular weight is 297 g/mol. The second kappa shape index (κ2) is 4.78. The van der Waals surface area contributed by atoms with Gasteiger partial charge >= 0.3 is 0 Å². The number of aromatic nitrogens is 4. The summed E-state index contributed by atoms with van der Waals surface area (Å²) in [5.41, 5.74) is 5.28. The maximum atomic E-state index is 11.9. The highest BCUT2D eigenvalue weighted by Gasteiger charge is 2.33. The minimum Gasteiger partial charge on any atom is -0.309 e. The Hall–Kier alpha value is -2.54. The molecule has 6 nitrogen and oxygen atoms in total. The summed E-state index contributed by atoms with van der Waals surface area (Å²) in [4.78, 5) is 20.6. The van der Waals surface area contributed by atoms with Crippen molar-refractivity contribution in [2.45, 2.75) is 12.3 Å². The lowest BCUT2D eigenvalue weighted by Crippen LogP contribution is -2.23. The van der Waals surface area contributed by atoms with Gasteiger partial charge in [-0.15, -0.1) is 11.3 Å². The monoisotopic (exact) mass is 297 g/mol. The summed E-state index contributed by atoms with van der Waals surface area (Å²) >= 11 is 1.52. The van der Waals surface area contributed by atoms with Crippen LogP contribution in [-0.2, 0) is 4.79 Å². The molecule has 21 heavy (non-hydrogen) atoms. The van der Waals surface area contributed by atoms with Gasteiger partial charge in [0.25, 0.3) is 0 Å². The molecule has 104 valence electrons. The molecule has 0 aromatic carbocycles. The molecule has 4 heterocycles. The van der Waals surface area contributed by atoms with Crippen LogP contribution in [0.2, 0.25) is 0 Å². The SMILES string of the molecule is O=C1CC(c2cscn2)c2c(n[nH]c2-c2ccccn2)N1. The number of carbonyl (C=O) groups is 1. The zero-order valence-electron chi connectivity index (χ0n) is 10.9. The van der Waals surface area contributed by atoms with Crippen LogP contribution >= 0.6 is 11.3 Å². The van der Waals surface area contributed by atoms with E-state index in [2.05, 4.69) is 25.5 Å². The van der Waals surface area contributed by atoms with Crippen LogP contribution < -0.4 is 5.32 Å². The summed E-state index contributed by atoms with van der Waals surface area (Å²) in [7, 11) is 0. The Kier molecular flexibility index (Phi) is 2.78. The van der Waals surface area contributed by atoms with E-state index in [1.807, 2.05) is 23.6 Å². The van der Waals surface area contributed by atoms with E-state index >= 15 is 0 Å². The first-order valence-electron chi connectivity index (χ1n) is 6.50. The van der Waals surface area contributed by atoms with Gasteiger partial charge in [-0.2, -0.15) is 5.10 Å². The van der Waals surface area contributed by atoms with Crippen molar-refractivity contribution in [3.05, 3.63) is 46.5 Å². The maximum Gasteiger partial charge on any atom is 0.226 e. The van der Waals surface area contributed by atoms with E-state index in [1.165, 1.54) is 11.3 Å². The lowest BCUT2D eigenvalue weighted by atomic mass is 9.89. The van der Waals surface area contributed by atoms with E-state index in [9.17, 15) is 4.79 Å². The number of hydrogen-bond donors (Lipinski definition) is 2. The smallest absolute Gasteiger partial charge is 0.226 e.